The van der Waals surface area contributed by atoms with Crippen molar-refractivity contribution in [1.29, 1.82) is 0 Å². The highest BCUT2D eigenvalue weighted by Crippen LogP contribution is 2.34. The predicted octanol–water partition coefficient (Wildman–Crippen LogP) is 4.14. The van der Waals surface area contributed by atoms with Gasteiger partial charge in [-0.1, -0.05) is 27.7 Å². The van der Waals surface area contributed by atoms with E-state index in [2.05, 4.69) is 72.6 Å². The highest BCUT2D eigenvalue weighted by atomic mass is 79.9. The minimum absolute atomic E-state index is 0.115. The Hall–Kier alpha value is -0.350. The molecule has 0 spiro atoms. The third kappa shape index (κ3) is 4.60. The summed E-state index contributed by atoms with van der Waals surface area (Å²) in [6, 6.07) is 0.393. The molecule has 3 nitrogen and oxygen atoms in total. The molecule has 0 unspecified atom stereocenters. The Balaban J connectivity index is 2.73. The molecule has 0 fully saturated rings. The monoisotopic (exact) mass is 329 g/mol. The van der Waals surface area contributed by atoms with E-state index in [-0.39, 0.29) is 5.41 Å². The fourth-order valence-electron chi connectivity index (χ4n) is 2.28. The Labute approximate surface area is 126 Å². The van der Waals surface area contributed by atoms with Gasteiger partial charge in [-0.25, -0.2) is 0 Å². The van der Waals surface area contributed by atoms with Crippen LogP contribution in [-0.2, 0) is 5.41 Å². The van der Waals surface area contributed by atoms with Gasteiger partial charge in [-0.15, -0.1) is 0 Å². The molecule has 0 atom stereocenters. The molecular weight excluding hydrogens is 302 g/mol. The second-order valence-corrected chi connectivity index (χ2v) is 7.47. The van der Waals surface area contributed by atoms with Gasteiger partial charge in [0.2, 0.25) is 0 Å². The second kappa shape index (κ2) is 6.89. The van der Waals surface area contributed by atoms with Crippen LogP contribution in [0.3, 0.4) is 0 Å². The van der Waals surface area contributed by atoms with Crippen molar-refractivity contribution in [2.75, 3.05) is 13.1 Å². The number of rotatable bonds is 7. The Morgan fingerprint density at radius 1 is 1.32 bits per heavy atom. The van der Waals surface area contributed by atoms with E-state index in [0.717, 1.165) is 24.0 Å². The van der Waals surface area contributed by atoms with Crippen molar-refractivity contribution in [2.24, 2.45) is 5.92 Å². The van der Waals surface area contributed by atoms with Crippen LogP contribution in [-0.4, -0.2) is 22.9 Å². The molecule has 0 saturated carbocycles. The Morgan fingerprint density at radius 3 is 2.47 bits per heavy atom. The molecule has 1 aromatic rings. The lowest BCUT2D eigenvalue weighted by Crippen LogP contribution is -2.30. The predicted molar refractivity (Wildman–Crippen MR) is 85.7 cm³/mol. The number of nitrogens with zero attached hydrogens (tertiary/aromatic N) is 2. The lowest BCUT2D eigenvalue weighted by atomic mass is 9.85. The van der Waals surface area contributed by atoms with Gasteiger partial charge in [-0.3, -0.25) is 4.68 Å². The number of aromatic nitrogens is 2. The Morgan fingerprint density at radius 2 is 1.95 bits per heavy atom. The molecule has 0 radical (unpaired) electrons. The molecule has 0 aliphatic rings. The molecular formula is C15H28BrN3. The van der Waals surface area contributed by atoms with Crippen molar-refractivity contribution >= 4 is 15.9 Å². The van der Waals surface area contributed by atoms with Gasteiger partial charge in [0.25, 0.3) is 0 Å². The van der Waals surface area contributed by atoms with Crippen LogP contribution >= 0.6 is 15.9 Å². The summed E-state index contributed by atoms with van der Waals surface area (Å²) >= 11 is 3.65. The molecule has 1 rings (SSSR count). The van der Waals surface area contributed by atoms with Crippen molar-refractivity contribution in [1.82, 2.24) is 15.1 Å². The van der Waals surface area contributed by atoms with Crippen LogP contribution in [0.25, 0.3) is 0 Å². The van der Waals surface area contributed by atoms with E-state index in [9.17, 15) is 0 Å². The topological polar surface area (TPSA) is 29.9 Å². The van der Waals surface area contributed by atoms with Crippen molar-refractivity contribution in [3.05, 3.63) is 16.4 Å². The molecule has 0 aliphatic heterocycles. The minimum Gasteiger partial charge on any atom is -0.316 e. The molecule has 1 aromatic heterocycles. The SMILES string of the molecule is CC(C)CNCCC(C)(C)c1c(Br)cnn1C(C)C. The zero-order chi connectivity index (χ0) is 14.6. The zero-order valence-corrected chi connectivity index (χ0v) is 14.7. The lowest BCUT2D eigenvalue weighted by Gasteiger charge is -2.28. The van der Waals surface area contributed by atoms with E-state index < -0.39 is 0 Å². The molecule has 1 N–H and O–H groups in total. The normalized spacial score (nSPS) is 12.7. The van der Waals surface area contributed by atoms with Crippen LogP contribution in [0, 0.1) is 5.92 Å². The maximum absolute atomic E-state index is 4.49. The van der Waals surface area contributed by atoms with Crippen LogP contribution in [0.1, 0.15) is 59.7 Å². The van der Waals surface area contributed by atoms with Gasteiger partial charge in [-0.2, -0.15) is 5.10 Å². The molecule has 4 heteroatoms. The van der Waals surface area contributed by atoms with E-state index in [1.807, 2.05) is 6.20 Å². The van der Waals surface area contributed by atoms with E-state index in [0.29, 0.717) is 12.0 Å². The van der Waals surface area contributed by atoms with Gasteiger partial charge < -0.3 is 5.32 Å². The number of hydrogen-bond acceptors (Lipinski definition) is 2. The van der Waals surface area contributed by atoms with E-state index in [1.54, 1.807) is 0 Å². The average Bonchev–Trinajstić information content (AvgIpc) is 2.67. The van der Waals surface area contributed by atoms with E-state index in [4.69, 9.17) is 0 Å². The highest BCUT2D eigenvalue weighted by molar-refractivity contribution is 9.10. The summed E-state index contributed by atoms with van der Waals surface area (Å²) in [7, 11) is 0. The van der Waals surface area contributed by atoms with Crippen molar-refractivity contribution < 1.29 is 0 Å². The van der Waals surface area contributed by atoms with Crippen LogP contribution in [0.4, 0.5) is 0 Å². The minimum atomic E-state index is 0.115. The first-order valence-electron chi connectivity index (χ1n) is 7.20. The smallest absolute Gasteiger partial charge is 0.0635 e. The summed E-state index contributed by atoms with van der Waals surface area (Å²) in [6.07, 6.45) is 3.02. The Bertz CT molecular complexity index is 394. The first-order valence-corrected chi connectivity index (χ1v) is 7.99. The van der Waals surface area contributed by atoms with Crippen LogP contribution in [0.2, 0.25) is 0 Å². The van der Waals surface area contributed by atoms with Crippen LogP contribution < -0.4 is 5.32 Å². The van der Waals surface area contributed by atoms with E-state index in [1.165, 1.54) is 5.69 Å². The third-order valence-electron chi connectivity index (χ3n) is 3.36. The zero-order valence-electron chi connectivity index (χ0n) is 13.1. The van der Waals surface area contributed by atoms with Crippen LogP contribution in [0.5, 0.6) is 0 Å². The maximum atomic E-state index is 4.49. The maximum Gasteiger partial charge on any atom is 0.0635 e. The summed E-state index contributed by atoms with van der Waals surface area (Å²) in [5.41, 5.74) is 1.41. The van der Waals surface area contributed by atoms with Crippen molar-refractivity contribution in [3.8, 4) is 0 Å². The van der Waals surface area contributed by atoms with Gasteiger partial charge in [0.15, 0.2) is 0 Å². The summed E-state index contributed by atoms with van der Waals surface area (Å²) in [6.45, 7) is 15.5. The number of halogens is 1. The standard InChI is InChI=1S/C15H28BrN3/c1-11(2)9-17-8-7-15(5,6)14-13(16)10-18-19(14)12(3)4/h10-12,17H,7-9H2,1-6H3. The summed E-state index contributed by atoms with van der Waals surface area (Å²) in [4.78, 5) is 0. The first kappa shape index (κ1) is 16.7. The first-order chi connectivity index (χ1) is 8.75. The molecule has 0 aromatic carbocycles. The highest BCUT2D eigenvalue weighted by Gasteiger charge is 2.28. The molecule has 19 heavy (non-hydrogen) atoms. The van der Waals surface area contributed by atoms with Gasteiger partial charge in [0.05, 0.1) is 16.4 Å². The molecule has 0 bridgehead atoms. The quantitative estimate of drug-likeness (QED) is 0.762. The van der Waals surface area contributed by atoms with Crippen LogP contribution in [0.15, 0.2) is 10.7 Å². The fraction of sp³-hybridized carbons (Fsp3) is 0.800. The summed E-state index contributed by atoms with van der Waals surface area (Å²) in [5.74, 6) is 0.705. The molecule has 0 saturated heterocycles. The summed E-state index contributed by atoms with van der Waals surface area (Å²) < 4.78 is 3.25. The fourth-order valence-corrected chi connectivity index (χ4v) is 3.09. The third-order valence-corrected chi connectivity index (χ3v) is 3.94. The lowest BCUT2D eigenvalue weighted by molar-refractivity contribution is 0.387. The molecule has 0 amide bonds. The van der Waals surface area contributed by atoms with Gasteiger partial charge in [0, 0.05) is 11.5 Å². The van der Waals surface area contributed by atoms with Gasteiger partial charge in [0.1, 0.15) is 0 Å². The molecule has 1 heterocycles. The largest absolute Gasteiger partial charge is 0.316 e. The van der Waals surface area contributed by atoms with Gasteiger partial charge in [-0.05, 0) is 55.2 Å². The van der Waals surface area contributed by atoms with Crippen molar-refractivity contribution in [3.63, 3.8) is 0 Å². The summed E-state index contributed by atoms with van der Waals surface area (Å²) in [5, 5.41) is 8.01. The van der Waals surface area contributed by atoms with E-state index >= 15 is 0 Å². The Kier molecular flexibility index (Phi) is 6.06. The van der Waals surface area contributed by atoms with Crippen molar-refractivity contribution in [2.45, 2.75) is 59.4 Å². The average molecular weight is 330 g/mol. The second-order valence-electron chi connectivity index (χ2n) is 6.61. The molecule has 0 aliphatic carbocycles. The molecule has 110 valence electrons. The number of nitrogens with one attached hydrogen (secondary N) is 1. The number of hydrogen-bond donors (Lipinski definition) is 1. The van der Waals surface area contributed by atoms with Gasteiger partial charge >= 0.3 is 0 Å².